The normalized spacial score (nSPS) is 21.0. The molecular weight excluding hydrogens is 400 g/mol. The number of benzene rings is 1. The quantitative estimate of drug-likeness (QED) is 0.553. The van der Waals surface area contributed by atoms with Gasteiger partial charge in [0.15, 0.2) is 0 Å². The van der Waals surface area contributed by atoms with Crippen molar-refractivity contribution in [2.24, 2.45) is 22.5 Å². The minimum atomic E-state index is -0.438. The van der Waals surface area contributed by atoms with Gasteiger partial charge in [0.2, 0.25) is 5.88 Å². The van der Waals surface area contributed by atoms with Crippen molar-refractivity contribution in [2.75, 3.05) is 18.5 Å². The summed E-state index contributed by atoms with van der Waals surface area (Å²) in [6, 6.07) is 1.92. The first-order valence-corrected chi connectivity index (χ1v) is 11.4. The fraction of sp³-hybridized carbons (Fsp3) is 0.524. The van der Waals surface area contributed by atoms with Crippen LogP contribution in [0.5, 0.6) is 5.88 Å². The molecule has 0 radical (unpaired) electrons. The summed E-state index contributed by atoms with van der Waals surface area (Å²) >= 11 is 1.16. The maximum Gasteiger partial charge on any atom is 0.316 e. The third kappa shape index (κ3) is 4.01. The second-order valence-corrected chi connectivity index (χ2v) is 8.94. The van der Waals surface area contributed by atoms with E-state index in [2.05, 4.69) is 23.4 Å². The zero-order chi connectivity index (χ0) is 21.3. The predicted octanol–water partition coefficient (Wildman–Crippen LogP) is 2.53. The van der Waals surface area contributed by atoms with E-state index in [0.29, 0.717) is 25.0 Å². The van der Waals surface area contributed by atoms with Crippen LogP contribution < -0.4 is 26.7 Å². The number of nitrogens with zero attached hydrogens (tertiary/aromatic N) is 2. The third-order valence-electron chi connectivity index (χ3n) is 6.26. The molecular formula is C21H30N6O2S. The Morgan fingerprint density at radius 1 is 1.37 bits per heavy atom. The molecule has 30 heavy (non-hydrogen) atoms. The van der Waals surface area contributed by atoms with E-state index in [0.717, 1.165) is 54.2 Å². The minimum Gasteiger partial charge on any atom is -0.477 e. The summed E-state index contributed by atoms with van der Waals surface area (Å²) in [6.45, 7) is 4.38. The standard InChI is InChI=1S/C14H18N2O.C7H12N4OS/c1-8-5-6-11-12(8)7-9-3-2-4-10(9)13(11)16-14(15)17;8-1-5-3-11-7(12-4-5)6(13-9)2-10-11/h7-8H,2-6H2,1H3,(H3,15,16,17);2,5H,1,3-4,8-9H2. The van der Waals surface area contributed by atoms with E-state index in [-0.39, 0.29) is 0 Å². The van der Waals surface area contributed by atoms with Gasteiger partial charge in [0.25, 0.3) is 0 Å². The summed E-state index contributed by atoms with van der Waals surface area (Å²) in [6.07, 6.45) is 7.39. The van der Waals surface area contributed by atoms with Crippen molar-refractivity contribution in [3.8, 4) is 5.88 Å². The van der Waals surface area contributed by atoms with Gasteiger partial charge < -0.3 is 21.5 Å². The third-order valence-corrected chi connectivity index (χ3v) is 6.79. The number of carbonyl (C=O) groups is 1. The van der Waals surface area contributed by atoms with Crippen LogP contribution in [-0.4, -0.2) is 29.0 Å². The average molecular weight is 431 g/mol. The van der Waals surface area contributed by atoms with Crippen LogP contribution >= 0.6 is 11.9 Å². The molecule has 162 valence electrons. The molecule has 5 rings (SSSR count). The highest BCUT2D eigenvalue weighted by Gasteiger charge is 2.28. The minimum absolute atomic E-state index is 0.364. The van der Waals surface area contributed by atoms with Crippen molar-refractivity contribution in [1.82, 2.24) is 9.78 Å². The Balaban J connectivity index is 0.000000151. The number of anilines is 1. The molecule has 2 aromatic rings. The SMILES string of the molecule is CC1CCc2c1cc1c(c2NC(N)=O)CCC1.NCC1COc2c(SN)cnn2C1. The van der Waals surface area contributed by atoms with Crippen LogP contribution in [-0.2, 0) is 25.8 Å². The van der Waals surface area contributed by atoms with Crippen molar-refractivity contribution in [3.63, 3.8) is 0 Å². The molecule has 7 N–H and O–H groups in total. The molecule has 0 saturated carbocycles. The van der Waals surface area contributed by atoms with Crippen LogP contribution in [0.15, 0.2) is 17.2 Å². The van der Waals surface area contributed by atoms with Gasteiger partial charge in [-0.25, -0.2) is 9.48 Å². The first-order valence-electron chi connectivity index (χ1n) is 10.5. The van der Waals surface area contributed by atoms with Gasteiger partial charge in [0.05, 0.1) is 19.3 Å². The van der Waals surface area contributed by atoms with Crippen molar-refractivity contribution in [1.29, 1.82) is 0 Å². The number of fused-ring (bicyclic) bond motifs is 3. The molecule has 9 heteroatoms. The van der Waals surface area contributed by atoms with Gasteiger partial charge >= 0.3 is 6.03 Å². The Morgan fingerprint density at radius 2 is 2.20 bits per heavy atom. The van der Waals surface area contributed by atoms with Gasteiger partial charge in [-0.3, -0.25) is 5.14 Å². The largest absolute Gasteiger partial charge is 0.477 e. The molecule has 0 spiro atoms. The van der Waals surface area contributed by atoms with Gasteiger partial charge in [-0.15, -0.1) is 0 Å². The maximum absolute atomic E-state index is 11.2. The highest BCUT2D eigenvalue weighted by Crippen LogP contribution is 2.43. The molecule has 1 aromatic carbocycles. The van der Waals surface area contributed by atoms with Gasteiger partial charge in [0.1, 0.15) is 4.90 Å². The average Bonchev–Trinajstić information content (AvgIpc) is 3.46. The van der Waals surface area contributed by atoms with Gasteiger partial charge in [-0.1, -0.05) is 13.0 Å². The molecule has 0 fully saturated rings. The smallest absolute Gasteiger partial charge is 0.316 e. The summed E-state index contributed by atoms with van der Waals surface area (Å²) < 4.78 is 7.32. The fourth-order valence-corrected chi connectivity index (χ4v) is 5.04. The van der Waals surface area contributed by atoms with Crippen molar-refractivity contribution >= 4 is 23.7 Å². The Labute approximate surface area is 181 Å². The Hall–Kier alpha value is -2.23. The van der Waals surface area contributed by atoms with E-state index < -0.39 is 6.03 Å². The first-order chi connectivity index (χ1) is 14.5. The monoisotopic (exact) mass is 430 g/mol. The lowest BCUT2D eigenvalue weighted by atomic mass is 9.96. The number of carbonyl (C=O) groups excluding carboxylic acids is 1. The molecule has 0 bridgehead atoms. The van der Waals surface area contributed by atoms with Crippen LogP contribution in [0.1, 0.15) is 47.9 Å². The van der Waals surface area contributed by atoms with Crippen LogP contribution in [0, 0.1) is 5.92 Å². The highest BCUT2D eigenvalue weighted by atomic mass is 32.2. The van der Waals surface area contributed by atoms with E-state index in [1.165, 1.54) is 35.1 Å². The molecule has 2 heterocycles. The van der Waals surface area contributed by atoms with Gasteiger partial charge in [-0.05, 0) is 72.2 Å². The number of hydrogen-bond donors (Lipinski definition) is 4. The number of rotatable bonds is 3. The Bertz CT molecular complexity index is 944. The van der Waals surface area contributed by atoms with Crippen LogP contribution in [0.4, 0.5) is 10.5 Å². The second-order valence-electron chi connectivity index (χ2n) is 8.27. The van der Waals surface area contributed by atoms with Crippen LogP contribution in [0.3, 0.4) is 0 Å². The van der Waals surface area contributed by atoms with E-state index in [1.807, 2.05) is 4.68 Å². The number of nitrogens with one attached hydrogen (secondary N) is 1. The second kappa shape index (κ2) is 8.87. The molecule has 1 aromatic heterocycles. The summed E-state index contributed by atoms with van der Waals surface area (Å²) in [4.78, 5) is 12.0. The highest BCUT2D eigenvalue weighted by molar-refractivity contribution is 7.97. The predicted molar refractivity (Wildman–Crippen MR) is 119 cm³/mol. The van der Waals surface area contributed by atoms with Gasteiger partial charge in [0, 0.05) is 18.2 Å². The lowest BCUT2D eigenvalue weighted by Crippen LogP contribution is -2.31. The van der Waals surface area contributed by atoms with E-state index >= 15 is 0 Å². The van der Waals surface area contributed by atoms with Crippen LogP contribution in [0.2, 0.25) is 0 Å². The molecule has 3 aliphatic rings. The maximum atomic E-state index is 11.2. The van der Waals surface area contributed by atoms with Crippen molar-refractivity contribution in [2.45, 2.75) is 56.4 Å². The number of aryl methyl sites for hydroxylation is 1. The topological polar surface area (TPSA) is 134 Å². The lowest BCUT2D eigenvalue weighted by Gasteiger charge is -2.23. The molecule has 2 atom stereocenters. The number of amides is 2. The molecule has 2 aliphatic carbocycles. The summed E-state index contributed by atoms with van der Waals surface area (Å²) in [5.74, 6) is 1.75. The summed E-state index contributed by atoms with van der Waals surface area (Å²) in [5.41, 5.74) is 17.4. The van der Waals surface area contributed by atoms with Gasteiger partial charge in [-0.2, -0.15) is 5.10 Å². The number of hydrogen-bond acceptors (Lipinski definition) is 6. The first kappa shape index (κ1) is 21.0. The van der Waals surface area contributed by atoms with E-state index in [4.69, 9.17) is 21.3 Å². The number of primary amides is 1. The van der Waals surface area contributed by atoms with Crippen molar-refractivity contribution < 1.29 is 9.53 Å². The summed E-state index contributed by atoms with van der Waals surface area (Å²) in [7, 11) is 0. The van der Waals surface area contributed by atoms with E-state index in [1.54, 1.807) is 6.20 Å². The molecule has 8 nitrogen and oxygen atoms in total. The Morgan fingerprint density at radius 3 is 2.93 bits per heavy atom. The Kier molecular flexibility index (Phi) is 6.21. The van der Waals surface area contributed by atoms with Crippen molar-refractivity contribution in [3.05, 3.63) is 34.5 Å². The molecule has 2 amide bonds. The summed E-state index contributed by atoms with van der Waals surface area (Å²) in [5, 5.41) is 12.5. The number of ether oxygens (including phenoxy) is 1. The number of aromatic nitrogens is 2. The number of nitrogens with two attached hydrogens (primary N) is 3. The van der Waals surface area contributed by atoms with Crippen LogP contribution in [0.25, 0.3) is 0 Å². The molecule has 2 unspecified atom stereocenters. The van der Waals surface area contributed by atoms with E-state index in [9.17, 15) is 4.79 Å². The zero-order valence-electron chi connectivity index (χ0n) is 17.3. The molecule has 0 saturated heterocycles. The lowest BCUT2D eigenvalue weighted by molar-refractivity contribution is 0.164. The number of urea groups is 1. The fourth-order valence-electron chi connectivity index (χ4n) is 4.66. The molecule has 1 aliphatic heterocycles. The zero-order valence-corrected chi connectivity index (χ0v) is 18.1.